The van der Waals surface area contributed by atoms with Crippen LogP contribution in [0.2, 0.25) is 0 Å². The predicted octanol–water partition coefficient (Wildman–Crippen LogP) is 2.88. The third kappa shape index (κ3) is 16.5. The largest absolute Gasteiger partial charge is 0.469 e. The number of hydrogen-bond donors (Lipinski definition) is 5. The van der Waals surface area contributed by atoms with E-state index in [2.05, 4.69) is 71.6 Å². The second-order valence-electron chi connectivity index (χ2n) is 18.5. The second kappa shape index (κ2) is 28.3. The van der Waals surface area contributed by atoms with Crippen molar-refractivity contribution in [1.29, 1.82) is 0 Å². The molecule has 0 spiro atoms. The van der Waals surface area contributed by atoms with Crippen molar-refractivity contribution in [3.8, 4) is 0 Å². The number of ether oxygens (including phenoxy) is 1. The molecule has 386 valence electrons. The number of methoxy groups -OCH3 is 1. The lowest BCUT2D eigenvalue weighted by Crippen LogP contribution is -2.55. The van der Waals surface area contributed by atoms with Crippen LogP contribution in [0.1, 0.15) is 94.9 Å². The number of aromatic nitrogens is 2. The van der Waals surface area contributed by atoms with Gasteiger partial charge in [0.15, 0.2) is 0 Å². The molecule has 5 amide bonds. The van der Waals surface area contributed by atoms with Crippen molar-refractivity contribution < 1.29 is 33.5 Å². The Bertz CT molecular complexity index is 2130. The Hall–Kier alpha value is -5.63. The van der Waals surface area contributed by atoms with Crippen molar-refractivity contribution in [2.75, 3.05) is 111 Å². The highest BCUT2D eigenvalue weighted by molar-refractivity contribution is 5.96. The van der Waals surface area contributed by atoms with E-state index in [0.29, 0.717) is 54.7 Å². The number of carbonyl (C=O) groups is 6. The maximum absolute atomic E-state index is 14.0. The zero-order valence-corrected chi connectivity index (χ0v) is 42.8. The van der Waals surface area contributed by atoms with E-state index >= 15 is 0 Å². The smallest absolute Gasteiger partial charge is 0.308 e. The monoisotopic (exact) mass is 973 g/mol. The van der Waals surface area contributed by atoms with Crippen molar-refractivity contribution in [3.05, 3.63) is 59.4 Å². The molecule has 2 aliphatic rings. The van der Waals surface area contributed by atoms with Gasteiger partial charge in [0.1, 0.15) is 23.9 Å². The van der Waals surface area contributed by atoms with Crippen LogP contribution in [0.15, 0.2) is 42.5 Å². The molecular weight excluding hydrogens is 893 g/mol. The van der Waals surface area contributed by atoms with Gasteiger partial charge in [-0.25, -0.2) is 4.98 Å². The fraction of sp³-hybridized carbons (Fsp3) is 0.627. The van der Waals surface area contributed by atoms with Gasteiger partial charge in [0, 0.05) is 90.3 Å². The van der Waals surface area contributed by atoms with E-state index in [9.17, 15) is 28.8 Å². The van der Waals surface area contributed by atoms with Gasteiger partial charge in [0.05, 0.1) is 37.7 Å². The molecule has 19 heteroatoms. The first-order valence-corrected chi connectivity index (χ1v) is 25.5. The van der Waals surface area contributed by atoms with Gasteiger partial charge in [0.2, 0.25) is 23.6 Å². The molecular formula is C51H80N12O7. The SMILES string of the molecule is CCCC(NC(=O)[C@H](CCC)NC(=O)CN1CCN(CC)CCN(CC)CCN(CC)CC1)C(=O)NCCCN1Cc2cc(C(=O)N(C)Cc3nc4ccccc4[nH]3)ccc2N[C@@H](CC(=O)OC)C1=O. The first-order valence-electron chi connectivity index (χ1n) is 25.5. The van der Waals surface area contributed by atoms with E-state index in [4.69, 9.17) is 4.74 Å². The molecule has 2 aliphatic heterocycles. The van der Waals surface area contributed by atoms with Crippen LogP contribution < -0.4 is 21.3 Å². The molecule has 2 aromatic carbocycles. The molecule has 1 fully saturated rings. The molecule has 19 nitrogen and oxygen atoms in total. The molecule has 3 aromatic rings. The van der Waals surface area contributed by atoms with Crippen LogP contribution in [-0.2, 0) is 41.8 Å². The molecule has 5 N–H and O–H groups in total. The van der Waals surface area contributed by atoms with Crippen molar-refractivity contribution in [1.82, 2.24) is 55.3 Å². The molecule has 5 rings (SSSR count). The number of amides is 5. The summed E-state index contributed by atoms with van der Waals surface area (Å²) < 4.78 is 4.91. The van der Waals surface area contributed by atoms with E-state index in [1.54, 1.807) is 35.0 Å². The quantitative estimate of drug-likeness (QED) is 0.0727. The topological polar surface area (TPSA) is 208 Å². The minimum Gasteiger partial charge on any atom is -0.469 e. The maximum atomic E-state index is 14.0. The number of hydrogen-bond acceptors (Lipinski definition) is 13. The lowest BCUT2D eigenvalue weighted by atomic mass is 10.1. The van der Waals surface area contributed by atoms with Crippen LogP contribution in [-0.4, -0.2) is 199 Å². The summed E-state index contributed by atoms with van der Waals surface area (Å²) in [6, 6.07) is 10.3. The van der Waals surface area contributed by atoms with E-state index in [-0.39, 0.29) is 62.8 Å². The summed E-state index contributed by atoms with van der Waals surface area (Å²) >= 11 is 0. The number of imidazole rings is 1. The lowest BCUT2D eigenvalue weighted by Gasteiger charge is -2.33. The first-order chi connectivity index (χ1) is 33.8. The van der Waals surface area contributed by atoms with Gasteiger partial charge in [-0.2, -0.15) is 0 Å². The Balaban J connectivity index is 1.17. The van der Waals surface area contributed by atoms with E-state index in [1.807, 2.05) is 38.1 Å². The molecule has 1 aromatic heterocycles. The molecule has 3 heterocycles. The summed E-state index contributed by atoms with van der Waals surface area (Å²) in [7, 11) is 2.98. The summed E-state index contributed by atoms with van der Waals surface area (Å²) in [6.45, 7) is 21.5. The maximum Gasteiger partial charge on any atom is 0.308 e. The highest BCUT2D eigenvalue weighted by atomic mass is 16.5. The predicted molar refractivity (Wildman–Crippen MR) is 272 cm³/mol. The van der Waals surface area contributed by atoms with Crippen molar-refractivity contribution in [2.45, 2.75) is 104 Å². The number of rotatable bonds is 22. The highest BCUT2D eigenvalue weighted by Crippen LogP contribution is 2.27. The standard InChI is InChI=1S/C51H80N12O7/c1-8-16-42(57-49(67)43(17-9-2)56-46(64)36-62-30-28-60(11-4)26-24-59(10-3)25-27-61(12-5)29-31-62)48(66)52-22-15-23-63-34-38-32-37(20-21-39(38)53-44(51(63)69)33-47(65)70-7)50(68)58(6)35-45-54-40-18-13-14-19-41(40)55-45/h13-14,18-21,32,42-44,53H,8-12,15-17,22-31,33-36H2,1-7H3,(H,52,66)(H,54,55)(H,56,64)(H,57,67)/t42?,43-,44-/m0/s1. The Labute approximate surface area is 414 Å². The highest BCUT2D eigenvalue weighted by Gasteiger charge is 2.32. The lowest BCUT2D eigenvalue weighted by molar-refractivity contribution is -0.144. The zero-order valence-electron chi connectivity index (χ0n) is 42.8. The first kappa shape index (κ1) is 55.3. The van der Waals surface area contributed by atoms with E-state index in [0.717, 1.165) is 83.0 Å². The van der Waals surface area contributed by atoms with E-state index < -0.39 is 30.0 Å². The third-order valence-corrected chi connectivity index (χ3v) is 13.4. The molecule has 70 heavy (non-hydrogen) atoms. The van der Waals surface area contributed by atoms with Gasteiger partial charge in [-0.05, 0) is 74.8 Å². The number of aromatic amines is 1. The summed E-state index contributed by atoms with van der Waals surface area (Å²) in [5, 5.41) is 12.1. The van der Waals surface area contributed by atoms with Gasteiger partial charge in [-0.3, -0.25) is 33.7 Å². The molecule has 0 aliphatic carbocycles. The summed E-state index contributed by atoms with van der Waals surface area (Å²) in [6.07, 6.45) is 2.28. The molecule has 1 unspecified atom stereocenters. The van der Waals surface area contributed by atoms with Crippen molar-refractivity contribution in [2.24, 2.45) is 0 Å². The molecule has 0 bridgehead atoms. The van der Waals surface area contributed by atoms with Crippen LogP contribution in [0.5, 0.6) is 0 Å². The minimum absolute atomic E-state index is 0.157. The zero-order chi connectivity index (χ0) is 50.6. The van der Waals surface area contributed by atoms with Crippen LogP contribution in [0.3, 0.4) is 0 Å². The number of nitrogens with zero attached hydrogens (tertiary/aromatic N) is 7. The average Bonchev–Trinajstić information content (AvgIpc) is 3.71. The Morgan fingerprint density at radius 2 is 1.40 bits per heavy atom. The second-order valence-corrected chi connectivity index (χ2v) is 18.5. The van der Waals surface area contributed by atoms with Gasteiger partial charge in [-0.15, -0.1) is 0 Å². The Morgan fingerprint density at radius 1 is 0.800 bits per heavy atom. The average molecular weight is 973 g/mol. The van der Waals surface area contributed by atoms with Crippen molar-refractivity contribution in [3.63, 3.8) is 0 Å². The molecule has 0 radical (unpaired) electrons. The van der Waals surface area contributed by atoms with Crippen LogP contribution >= 0.6 is 0 Å². The number of esters is 1. The van der Waals surface area contributed by atoms with Gasteiger partial charge >= 0.3 is 5.97 Å². The number of para-hydroxylation sites is 2. The summed E-state index contributed by atoms with van der Waals surface area (Å²) in [5.74, 6) is -1.42. The number of likely N-dealkylation sites (N-methyl/N-ethyl adjacent to an activating group) is 3. The number of carbonyl (C=O) groups excluding carboxylic acids is 6. The summed E-state index contributed by atoms with van der Waals surface area (Å²) in [4.78, 5) is 102. The number of benzene rings is 2. The van der Waals surface area contributed by atoms with E-state index in [1.165, 1.54) is 7.11 Å². The molecule has 0 saturated carbocycles. The Morgan fingerprint density at radius 3 is 1.99 bits per heavy atom. The van der Waals surface area contributed by atoms with Gasteiger partial charge in [0.25, 0.3) is 5.91 Å². The van der Waals surface area contributed by atoms with Crippen LogP contribution in [0.25, 0.3) is 11.0 Å². The van der Waals surface area contributed by atoms with Crippen molar-refractivity contribution >= 4 is 52.2 Å². The molecule has 1 saturated heterocycles. The normalized spacial score (nSPS) is 17.8. The molecule has 3 atom stereocenters. The minimum atomic E-state index is -0.913. The number of anilines is 1. The number of nitrogens with one attached hydrogen (secondary N) is 5. The Kier molecular flexibility index (Phi) is 22.3. The van der Waals surface area contributed by atoms with Crippen LogP contribution in [0, 0.1) is 0 Å². The van der Waals surface area contributed by atoms with Crippen LogP contribution in [0.4, 0.5) is 5.69 Å². The summed E-state index contributed by atoms with van der Waals surface area (Å²) in [5.41, 5.74) is 3.44. The number of fused-ring (bicyclic) bond motifs is 2. The van der Waals surface area contributed by atoms with Gasteiger partial charge in [-0.1, -0.05) is 59.6 Å². The van der Waals surface area contributed by atoms with Gasteiger partial charge < -0.3 is 55.5 Å². The fourth-order valence-corrected chi connectivity index (χ4v) is 9.05. The fourth-order valence-electron chi connectivity index (χ4n) is 9.05. The third-order valence-electron chi connectivity index (χ3n) is 13.4. The number of H-pyrrole nitrogens is 1.